The molecular weight excluding hydrogens is 643 g/mol. The van der Waals surface area contributed by atoms with E-state index in [1.54, 1.807) is 90.1 Å². The molecule has 0 aliphatic heterocycles. The van der Waals surface area contributed by atoms with E-state index in [9.17, 15) is 32.7 Å². The first-order valence-electron chi connectivity index (χ1n) is 15.2. The second-order valence-electron chi connectivity index (χ2n) is 13.1. The lowest BCUT2D eigenvalue weighted by molar-refractivity contribution is -0.141. The van der Waals surface area contributed by atoms with Crippen molar-refractivity contribution >= 4 is 29.5 Å². The molecule has 4 N–H and O–H groups in total. The summed E-state index contributed by atoms with van der Waals surface area (Å²) in [6, 6.07) is 19.5. The van der Waals surface area contributed by atoms with E-state index in [-0.39, 0.29) is 17.9 Å². The average molecular weight is 682 g/mol. The monoisotopic (exact) mass is 681 g/mol. The molecule has 11 nitrogen and oxygen atoms in total. The summed E-state index contributed by atoms with van der Waals surface area (Å²) in [4.78, 5) is 37.7. The Morgan fingerprint density at radius 3 is 1.90 bits per heavy atom. The molecule has 3 amide bonds. The molecule has 0 aliphatic carbocycles. The van der Waals surface area contributed by atoms with Gasteiger partial charge in [-0.05, 0) is 94.6 Å². The second kappa shape index (κ2) is 14.4. The van der Waals surface area contributed by atoms with E-state index in [2.05, 4.69) is 21.0 Å². The Kier molecular flexibility index (Phi) is 10.7. The van der Waals surface area contributed by atoms with Crippen molar-refractivity contribution in [3.63, 3.8) is 0 Å². The highest BCUT2D eigenvalue weighted by molar-refractivity contribution is 6.03. The van der Waals surface area contributed by atoms with E-state index < -0.39 is 53.0 Å². The molecule has 1 atom stereocenters. The van der Waals surface area contributed by atoms with Crippen LogP contribution in [0.5, 0.6) is 0 Å². The van der Waals surface area contributed by atoms with Gasteiger partial charge in [0.15, 0.2) is 5.69 Å². The van der Waals surface area contributed by atoms with Crippen LogP contribution in [0.2, 0.25) is 0 Å². The molecule has 3 aromatic carbocycles. The number of benzene rings is 3. The van der Waals surface area contributed by atoms with Crippen LogP contribution in [0.4, 0.5) is 34.1 Å². The molecule has 0 saturated heterocycles. The summed E-state index contributed by atoms with van der Waals surface area (Å²) in [5.41, 5.74) is -1.08. The highest BCUT2D eigenvalue weighted by atomic mass is 19.4. The number of aromatic nitrogens is 2. The molecule has 0 aliphatic rings. The van der Waals surface area contributed by atoms with E-state index in [1.807, 2.05) is 0 Å². The molecule has 14 heteroatoms. The third-order valence-electron chi connectivity index (χ3n) is 6.53. The number of rotatable bonds is 8. The summed E-state index contributed by atoms with van der Waals surface area (Å²) in [6.07, 6.45) is -7.36. The number of aliphatic hydroxyl groups is 1. The van der Waals surface area contributed by atoms with Gasteiger partial charge in [0.2, 0.25) is 0 Å². The van der Waals surface area contributed by atoms with E-state index >= 15 is 0 Å². The molecule has 4 rings (SSSR count). The van der Waals surface area contributed by atoms with Gasteiger partial charge in [-0.25, -0.2) is 14.3 Å². The lowest BCUT2D eigenvalue weighted by Crippen LogP contribution is -2.32. The van der Waals surface area contributed by atoms with Crippen molar-refractivity contribution < 1.29 is 42.1 Å². The van der Waals surface area contributed by atoms with Gasteiger partial charge in [0, 0.05) is 24.0 Å². The number of anilines is 2. The van der Waals surface area contributed by atoms with Gasteiger partial charge >= 0.3 is 18.4 Å². The number of nitrogens with one attached hydrogen (secondary N) is 3. The number of aliphatic hydroxyl groups excluding tert-OH is 1. The van der Waals surface area contributed by atoms with Crippen LogP contribution in [-0.4, -0.2) is 44.2 Å². The summed E-state index contributed by atoms with van der Waals surface area (Å²) >= 11 is 0. The van der Waals surface area contributed by atoms with Crippen LogP contribution in [0.25, 0.3) is 5.69 Å². The van der Waals surface area contributed by atoms with Crippen molar-refractivity contribution in [2.75, 3.05) is 10.6 Å². The molecule has 260 valence electrons. The third kappa shape index (κ3) is 10.6. The second-order valence-corrected chi connectivity index (χ2v) is 13.1. The predicted octanol–water partition coefficient (Wildman–Crippen LogP) is 7.60. The molecule has 1 unspecified atom stereocenters. The first kappa shape index (κ1) is 36.5. The number of carbonyl (C=O) groups excluding carboxylic acids is 3. The van der Waals surface area contributed by atoms with Gasteiger partial charge in [0.05, 0.1) is 5.69 Å². The third-order valence-corrected chi connectivity index (χ3v) is 6.53. The van der Waals surface area contributed by atoms with Crippen LogP contribution in [0, 0.1) is 0 Å². The summed E-state index contributed by atoms with van der Waals surface area (Å²) in [5, 5.41) is 22.6. The quantitative estimate of drug-likeness (QED) is 0.150. The molecule has 49 heavy (non-hydrogen) atoms. The van der Waals surface area contributed by atoms with E-state index in [0.29, 0.717) is 28.4 Å². The molecule has 0 bridgehead atoms. The van der Waals surface area contributed by atoms with Gasteiger partial charge < -0.3 is 25.2 Å². The number of hydrogen-bond donors (Lipinski definition) is 4. The zero-order chi connectivity index (χ0) is 36.1. The maximum absolute atomic E-state index is 13.8. The van der Waals surface area contributed by atoms with Crippen LogP contribution in [0.1, 0.15) is 80.5 Å². The smallest absolute Gasteiger partial charge is 0.435 e. The van der Waals surface area contributed by atoms with Crippen LogP contribution in [0.3, 0.4) is 0 Å². The van der Waals surface area contributed by atoms with E-state index in [1.165, 1.54) is 24.3 Å². The SMILES string of the molecule is CC(C)(C)OC(=O)NCc1cccc(-n2nc(C(F)(F)F)cc2C(=O)Nc2cccc(C(O)c3cccc(NC(=O)OC(C)(C)C)c3)c2)c1. The number of halogens is 3. The molecule has 1 heterocycles. The maximum atomic E-state index is 13.8. The summed E-state index contributed by atoms with van der Waals surface area (Å²) in [5.74, 6) is -0.893. The molecular formula is C35H38F3N5O6. The van der Waals surface area contributed by atoms with Crippen LogP contribution >= 0.6 is 0 Å². The number of hydrogen-bond acceptors (Lipinski definition) is 7. The van der Waals surface area contributed by atoms with Crippen molar-refractivity contribution in [2.45, 2.75) is 71.6 Å². The largest absolute Gasteiger partial charge is 0.444 e. The molecule has 1 aromatic heterocycles. The fourth-order valence-corrected chi connectivity index (χ4v) is 4.55. The zero-order valence-corrected chi connectivity index (χ0v) is 27.8. The van der Waals surface area contributed by atoms with Crippen molar-refractivity contribution in [3.05, 3.63) is 107 Å². The predicted molar refractivity (Wildman–Crippen MR) is 176 cm³/mol. The first-order chi connectivity index (χ1) is 22.8. The Morgan fingerprint density at radius 2 is 1.33 bits per heavy atom. The van der Waals surface area contributed by atoms with Crippen molar-refractivity contribution in [2.24, 2.45) is 0 Å². The molecule has 0 radical (unpaired) electrons. The highest BCUT2D eigenvalue weighted by Crippen LogP contribution is 2.31. The Morgan fingerprint density at radius 1 is 0.776 bits per heavy atom. The molecule has 0 saturated carbocycles. The van der Waals surface area contributed by atoms with Gasteiger partial charge in [-0.1, -0.05) is 36.4 Å². The molecule has 4 aromatic rings. The Bertz CT molecular complexity index is 1830. The standard InChI is InChI=1S/C35H38F3N5O6/c1-33(2,3)48-31(46)39-20-21-10-7-15-26(16-21)43-27(19-28(42-43)35(36,37)38)30(45)40-24-13-8-11-22(17-24)29(44)23-12-9-14-25(18-23)41-32(47)49-34(4,5)6/h7-19,29,44H,20H2,1-6H3,(H,39,46)(H,40,45)(H,41,47). The van der Waals surface area contributed by atoms with E-state index in [0.717, 1.165) is 4.68 Å². The molecule has 0 spiro atoms. The van der Waals surface area contributed by atoms with Gasteiger partial charge in [-0.15, -0.1) is 0 Å². The minimum Gasteiger partial charge on any atom is -0.444 e. The lowest BCUT2D eigenvalue weighted by atomic mass is 10.0. The van der Waals surface area contributed by atoms with Gasteiger partial charge in [0.1, 0.15) is 23.0 Å². The maximum Gasteiger partial charge on any atom is 0.435 e. The van der Waals surface area contributed by atoms with Crippen LogP contribution < -0.4 is 16.0 Å². The van der Waals surface area contributed by atoms with Gasteiger partial charge in [-0.2, -0.15) is 18.3 Å². The summed E-state index contributed by atoms with van der Waals surface area (Å²) in [6.45, 7) is 10.3. The number of carbonyl (C=O) groups is 3. The number of alkyl halides is 3. The topological polar surface area (TPSA) is 144 Å². The Balaban J connectivity index is 1.55. The normalized spacial score (nSPS) is 12.5. The average Bonchev–Trinajstić information content (AvgIpc) is 3.45. The Labute approximate surface area is 281 Å². The van der Waals surface area contributed by atoms with Crippen molar-refractivity contribution in [1.82, 2.24) is 15.1 Å². The minimum atomic E-state index is -4.84. The number of nitrogens with zero attached hydrogens (tertiary/aromatic N) is 2. The number of alkyl carbamates (subject to hydrolysis) is 1. The number of amides is 3. The lowest BCUT2D eigenvalue weighted by Gasteiger charge is -2.20. The van der Waals surface area contributed by atoms with Crippen LogP contribution in [0.15, 0.2) is 78.9 Å². The summed E-state index contributed by atoms with van der Waals surface area (Å²) < 4.78 is 52.6. The minimum absolute atomic E-state index is 0.00672. The van der Waals surface area contributed by atoms with Gasteiger partial charge in [-0.3, -0.25) is 10.1 Å². The van der Waals surface area contributed by atoms with Crippen LogP contribution in [-0.2, 0) is 22.2 Å². The Hall–Kier alpha value is -5.37. The zero-order valence-electron chi connectivity index (χ0n) is 27.8. The molecule has 0 fully saturated rings. The van der Waals surface area contributed by atoms with Crippen molar-refractivity contribution in [1.29, 1.82) is 0 Å². The highest BCUT2D eigenvalue weighted by Gasteiger charge is 2.36. The fraction of sp³-hybridized carbons (Fsp3) is 0.314. The van der Waals surface area contributed by atoms with Gasteiger partial charge in [0.25, 0.3) is 5.91 Å². The fourth-order valence-electron chi connectivity index (χ4n) is 4.55. The summed E-state index contributed by atoms with van der Waals surface area (Å²) in [7, 11) is 0. The first-order valence-corrected chi connectivity index (χ1v) is 15.2. The van der Waals surface area contributed by atoms with E-state index in [4.69, 9.17) is 9.47 Å². The number of ether oxygens (including phenoxy) is 2. The van der Waals surface area contributed by atoms with Crippen molar-refractivity contribution in [3.8, 4) is 5.69 Å².